The molecule has 0 saturated carbocycles. The van der Waals surface area contributed by atoms with Gasteiger partial charge >= 0.3 is 0 Å². The number of aromatic nitrogens is 3. The minimum Gasteiger partial charge on any atom is -0.275 e. The maximum atomic E-state index is 12.7. The zero-order valence-corrected chi connectivity index (χ0v) is 17.0. The smallest absolute Gasteiger partial charge is 0.240 e. The van der Waals surface area contributed by atoms with E-state index in [0.717, 1.165) is 10.5 Å². The molecule has 1 aliphatic heterocycles. The summed E-state index contributed by atoms with van der Waals surface area (Å²) < 4.78 is 29.7. The fraction of sp³-hybridized carbons (Fsp3) is 0.200. The Morgan fingerprint density at radius 3 is 2.40 bits per heavy atom. The van der Waals surface area contributed by atoms with Gasteiger partial charge in [-0.05, 0) is 35.9 Å². The zero-order chi connectivity index (χ0) is 21.3. The van der Waals surface area contributed by atoms with Crippen LogP contribution < -0.4 is 9.62 Å². The second-order valence-electron chi connectivity index (χ2n) is 6.86. The number of hydrogen-bond acceptors (Lipinski definition) is 6. The van der Waals surface area contributed by atoms with E-state index >= 15 is 0 Å². The number of carbonyl (C=O) groups is 2. The van der Waals surface area contributed by atoms with Crippen molar-refractivity contribution >= 4 is 27.5 Å². The van der Waals surface area contributed by atoms with E-state index in [1.165, 1.54) is 24.3 Å². The molecule has 0 radical (unpaired) electrons. The Kier molecular flexibility index (Phi) is 5.18. The summed E-state index contributed by atoms with van der Waals surface area (Å²) in [6.45, 7) is 0.0469. The van der Waals surface area contributed by atoms with Crippen LogP contribution in [0.1, 0.15) is 18.4 Å². The van der Waals surface area contributed by atoms with Gasteiger partial charge in [-0.1, -0.05) is 6.07 Å². The molecule has 1 aliphatic rings. The summed E-state index contributed by atoms with van der Waals surface area (Å²) in [7, 11) is -2.01. The van der Waals surface area contributed by atoms with Crippen LogP contribution in [0, 0.1) is 0 Å². The summed E-state index contributed by atoms with van der Waals surface area (Å²) in [4.78, 5) is 29.1. The first kappa shape index (κ1) is 19.9. The number of nitrogens with zero attached hydrogens (tertiary/aromatic N) is 4. The predicted octanol–water partition coefficient (Wildman–Crippen LogP) is 1.61. The van der Waals surface area contributed by atoms with Gasteiger partial charge in [-0.3, -0.25) is 24.2 Å². The molecular formula is C20H19N5O4S. The Morgan fingerprint density at radius 1 is 1.07 bits per heavy atom. The number of sulfonamides is 1. The molecule has 0 unspecified atom stereocenters. The van der Waals surface area contributed by atoms with Crippen LogP contribution in [0.2, 0.25) is 0 Å². The average molecular weight is 425 g/mol. The molecule has 0 spiro atoms. The third-order valence-electron chi connectivity index (χ3n) is 4.78. The molecule has 0 bridgehead atoms. The van der Waals surface area contributed by atoms with E-state index in [-0.39, 0.29) is 36.1 Å². The lowest BCUT2D eigenvalue weighted by Crippen LogP contribution is -2.28. The Bertz CT molecular complexity index is 1200. The van der Waals surface area contributed by atoms with E-state index in [0.29, 0.717) is 16.9 Å². The van der Waals surface area contributed by atoms with Crippen LogP contribution >= 0.6 is 0 Å². The van der Waals surface area contributed by atoms with Crippen molar-refractivity contribution in [3.63, 3.8) is 0 Å². The summed E-state index contributed by atoms with van der Waals surface area (Å²) in [5, 5.41) is 4.13. The number of pyridine rings is 1. The van der Waals surface area contributed by atoms with Crippen molar-refractivity contribution < 1.29 is 18.0 Å². The van der Waals surface area contributed by atoms with Gasteiger partial charge in [0, 0.05) is 44.4 Å². The Hall–Kier alpha value is -3.37. The standard InChI is InChI=1S/C20H19N5O4S/c1-24-13-15(11-22-24)20-14(3-2-10-21-20)12-23-30(28,29)17-6-4-16(5-7-17)25-18(26)8-9-19(25)27/h2-7,10-11,13,23H,8-9,12H2,1H3. The number of imide groups is 1. The van der Waals surface area contributed by atoms with Gasteiger partial charge in [0.1, 0.15) is 0 Å². The molecule has 0 atom stereocenters. The maximum Gasteiger partial charge on any atom is 0.240 e. The van der Waals surface area contributed by atoms with Crippen molar-refractivity contribution in [1.29, 1.82) is 0 Å². The molecule has 1 saturated heterocycles. The number of aryl methyl sites for hydroxylation is 1. The first-order valence-corrected chi connectivity index (χ1v) is 10.7. The van der Waals surface area contributed by atoms with E-state index in [4.69, 9.17) is 0 Å². The summed E-state index contributed by atoms with van der Waals surface area (Å²) in [6, 6.07) is 9.21. The van der Waals surface area contributed by atoms with Crippen molar-refractivity contribution in [2.24, 2.45) is 7.05 Å². The first-order chi connectivity index (χ1) is 14.3. The van der Waals surface area contributed by atoms with Gasteiger partial charge in [0.15, 0.2) is 0 Å². The molecule has 3 aromatic rings. The van der Waals surface area contributed by atoms with E-state index in [1.807, 2.05) is 0 Å². The van der Waals surface area contributed by atoms with Crippen molar-refractivity contribution in [1.82, 2.24) is 19.5 Å². The highest BCUT2D eigenvalue weighted by molar-refractivity contribution is 7.89. The minimum absolute atomic E-state index is 0.0390. The number of hydrogen-bond donors (Lipinski definition) is 1. The monoisotopic (exact) mass is 425 g/mol. The Balaban J connectivity index is 1.52. The lowest BCUT2D eigenvalue weighted by molar-refractivity contribution is -0.121. The molecule has 3 heterocycles. The lowest BCUT2D eigenvalue weighted by Gasteiger charge is -2.14. The van der Waals surface area contributed by atoms with E-state index in [2.05, 4.69) is 14.8 Å². The van der Waals surface area contributed by atoms with Crippen LogP contribution in [0.4, 0.5) is 5.69 Å². The van der Waals surface area contributed by atoms with Crippen LogP contribution in [0.5, 0.6) is 0 Å². The molecular weight excluding hydrogens is 406 g/mol. The fourth-order valence-corrected chi connectivity index (χ4v) is 4.29. The van der Waals surface area contributed by atoms with Crippen LogP contribution in [0.25, 0.3) is 11.3 Å². The summed E-state index contributed by atoms with van der Waals surface area (Å²) in [5.41, 5.74) is 2.51. The molecule has 2 aromatic heterocycles. The van der Waals surface area contributed by atoms with E-state index < -0.39 is 10.0 Å². The maximum absolute atomic E-state index is 12.7. The molecule has 30 heavy (non-hydrogen) atoms. The van der Waals surface area contributed by atoms with Crippen molar-refractivity contribution in [2.45, 2.75) is 24.3 Å². The zero-order valence-electron chi connectivity index (χ0n) is 16.1. The second-order valence-corrected chi connectivity index (χ2v) is 8.62. The molecule has 10 heteroatoms. The van der Waals surface area contributed by atoms with Gasteiger partial charge in [0.2, 0.25) is 21.8 Å². The van der Waals surface area contributed by atoms with Gasteiger partial charge in [-0.25, -0.2) is 13.1 Å². The largest absolute Gasteiger partial charge is 0.275 e. The molecule has 4 rings (SSSR count). The van der Waals surface area contributed by atoms with E-state index in [9.17, 15) is 18.0 Å². The van der Waals surface area contributed by atoms with Gasteiger partial charge in [0.05, 0.1) is 22.5 Å². The lowest BCUT2D eigenvalue weighted by atomic mass is 10.1. The molecule has 1 aromatic carbocycles. The SMILES string of the molecule is Cn1cc(-c2ncccc2CNS(=O)(=O)c2ccc(N3C(=O)CCC3=O)cc2)cn1. The third-order valence-corrected chi connectivity index (χ3v) is 6.20. The highest BCUT2D eigenvalue weighted by atomic mass is 32.2. The highest BCUT2D eigenvalue weighted by Crippen LogP contribution is 2.24. The molecule has 9 nitrogen and oxygen atoms in total. The number of anilines is 1. The second kappa shape index (κ2) is 7.81. The van der Waals surface area contributed by atoms with Crippen LogP contribution in [0.3, 0.4) is 0 Å². The van der Waals surface area contributed by atoms with Crippen LogP contribution in [-0.2, 0) is 33.2 Å². The van der Waals surface area contributed by atoms with Gasteiger partial charge in [-0.2, -0.15) is 5.10 Å². The molecule has 2 amide bonds. The van der Waals surface area contributed by atoms with Gasteiger partial charge in [0.25, 0.3) is 0 Å². The number of amides is 2. The number of carbonyl (C=O) groups excluding carboxylic acids is 2. The molecule has 0 aliphatic carbocycles. The molecule has 1 N–H and O–H groups in total. The molecule has 154 valence electrons. The van der Waals surface area contributed by atoms with Crippen molar-refractivity contribution in [3.8, 4) is 11.3 Å². The average Bonchev–Trinajstić information content (AvgIpc) is 3.32. The van der Waals surface area contributed by atoms with Crippen molar-refractivity contribution in [2.75, 3.05) is 4.90 Å². The topological polar surface area (TPSA) is 114 Å². The van der Waals surface area contributed by atoms with E-state index in [1.54, 1.807) is 42.5 Å². The number of benzene rings is 1. The van der Waals surface area contributed by atoms with Crippen LogP contribution in [0.15, 0.2) is 59.9 Å². The quantitative estimate of drug-likeness (QED) is 0.600. The number of nitrogens with one attached hydrogen (secondary N) is 1. The fourth-order valence-electron chi connectivity index (χ4n) is 3.28. The van der Waals surface area contributed by atoms with Crippen molar-refractivity contribution in [3.05, 3.63) is 60.6 Å². The summed E-state index contributed by atoms with van der Waals surface area (Å²) >= 11 is 0. The van der Waals surface area contributed by atoms with Gasteiger partial charge in [-0.15, -0.1) is 0 Å². The first-order valence-electron chi connectivity index (χ1n) is 9.23. The minimum atomic E-state index is -3.81. The Morgan fingerprint density at radius 2 is 1.77 bits per heavy atom. The predicted molar refractivity (Wildman–Crippen MR) is 109 cm³/mol. The number of rotatable bonds is 6. The molecule has 1 fully saturated rings. The summed E-state index contributed by atoms with van der Waals surface area (Å²) in [6.07, 6.45) is 5.45. The normalized spacial score (nSPS) is 14.5. The highest BCUT2D eigenvalue weighted by Gasteiger charge is 2.30. The van der Waals surface area contributed by atoms with Gasteiger partial charge < -0.3 is 0 Å². The summed E-state index contributed by atoms with van der Waals surface area (Å²) in [5.74, 6) is -0.568. The Labute approximate surface area is 173 Å². The van der Waals surface area contributed by atoms with Crippen LogP contribution in [-0.4, -0.2) is 35.0 Å². The third kappa shape index (κ3) is 3.87.